The minimum atomic E-state index is -0.236. The summed E-state index contributed by atoms with van der Waals surface area (Å²) in [5.41, 5.74) is 1.05. The van der Waals surface area contributed by atoms with Gasteiger partial charge in [0, 0.05) is 39.8 Å². The Bertz CT molecular complexity index is 698. The van der Waals surface area contributed by atoms with E-state index in [1.807, 2.05) is 12.1 Å². The van der Waals surface area contributed by atoms with Crippen LogP contribution in [0.1, 0.15) is 37.3 Å². The molecule has 1 amide bonds. The lowest BCUT2D eigenvalue weighted by molar-refractivity contribution is -0.127. The molecule has 3 rings (SSSR count). The van der Waals surface area contributed by atoms with Gasteiger partial charge >= 0.3 is 0 Å². The summed E-state index contributed by atoms with van der Waals surface area (Å²) in [6.07, 6.45) is 4.67. The average Bonchev–Trinajstić information content (AvgIpc) is 3.26. The van der Waals surface area contributed by atoms with Gasteiger partial charge in [0.25, 0.3) is 0 Å². The zero-order valence-corrected chi connectivity index (χ0v) is 18.1. The molecule has 8 heteroatoms. The number of ether oxygens (including phenoxy) is 1. The predicted molar refractivity (Wildman–Crippen MR) is 116 cm³/mol. The van der Waals surface area contributed by atoms with Crippen LogP contribution in [0.4, 0.5) is 4.39 Å². The number of hydrogen-bond donors (Lipinski definition) is 2. The molecule has 30 heavy (non-hydrogen) atoms. The fourth-order valence-electron chi connectivity index (χ4n) is 3.93. The van der Waals surface area contributed by atoms with E-state index in [0.29, 0.717) is 31.8 Å². The van der Waals surface area contributed by atoms with Gasteiger partial charge in [-0.2, -0.15) is 0 Å². The molecule has 2 aliphatic rings. The molecule has 1 atom stereocenters. The number of hydrogen-bond acceptors (Lipinski definition) is 4. The summed E-state index contributed by atoms with van der Waals surface area (Å²) < 4.78 is 19.0. The van der Waals surface area contributed by atoms with E-state index in [9.17, 15) is 9.18 Å². The van der Waals surface area contributed by atoms with Crippen molar-refractivity contribution in [2.24, 2.45) is 4.99 Å². The first-order valence-corrected chi connectivity index (χ1v) is 10.8. The van der Waals surface area contributed by atoms with E-state index in [2.05, 4.69) is 20.5 Å². The molecule has 1 unspecified atom stereocenters. The minimum absolute atomic E-state index is 0.0363. The molecule has 1 saturated carbocycles. The molecule has 1 saturated heterocycles. The fraction of sp³-hybridized carbons (Fsp3) is 0.636. The van der Waals surface area contributed by atoms with Gasteiger partial charge in [0.2, 0.25) is 5.91 Å². The van der Waals surface area contributed by atoms with Crippen LogP contribution in [-0.4, -0.2) is 81.2 Å². The van der Waals surface area contributed by atoms with Crippen molar-refractivity contribution >= 4 is 11.9 Å². The van der Waals surface area contributed by atoms with Crippen LogP contribution in [0.3, 0.4) is 0 Å². The Balaban J connectivity index is 1.71. The Kier molecular flexibility index (Phi) is 8.45. The second kappa shape index (κ2) is 11.3. The maximum atomic E-state index is 13.5. The van der Waals surface area contributed by atoms with Crippen molar-refractivity contribution in [3.05, 3.63) is 35.6 Å². The number of carbonyl (C=O) groups excluding carboxylic acids is 1. The topological polar surface area (TPSA) is 69.2 Å². The largest absolute Gasteiger partial charge is 0.379 e. The number of amides is 1. The lowest BCUT2D eigenvalue weighted by Gasteiger charge is -2.35. The number of nitrogens with one attached hydrogen (secondary N) is 2. The number of aliphatic imine (C=N–C) groups is 1. The highest BCUT2D eigenvalue weighted by molar-refractivity contribution is 5.85. The van der Waals surface area contributed by atoms with Gasteiger partial charge in [-0.1, -0.05) is 25.0 Å². The summed E-state index contributed by atoms with van der Waals surface area (Å²) in [4.78, 5) is 20.5. The summed E-state index contributed by atoms with van der Waals surface area (Å²) in [7, 11) is 3.47. The maximum absolute atomic E-state index is 13.5. The predicted octanol–water partition coefficient (Wildman–Crippen LogP) is 1.76. The number of benzene rings is 1. The highest BCUT2D eigenvalue weighted by atomic mass is 19.1. The van der Waals surface area contributed by atoms with Gasteiger partial charge in [-0.15, -0.1) is 0 Å². The third kappa shape index (κ3) is 6.67. The third-order valence-corrected chi connectivity index (χ3v) is 5.77. The van der Waals surface area contributed by atoms with Crippen LogP contribution < -0.4 is 10.6 Å². The monoisotopic (exact) mass is 419 g/mol. The van der Waals surface area contributed by atoms with E-state index in [4.69, 9.17) is 4.74 Å². The Morgan fingerprint density at radius 3 is 2.53 bits per heavy atom. The van der Waals surface area contributed by atoms with Crippen LogP contribution in [-0.2, 0) is 9.53 Å². The molecule has 0 radical (unpaired) electrons. The molecular weight excluding hydrogens is 385 g/mol. The normalized spacial score (nSPS) is 19.5. The van der Waals surface area contributed by atoms with E-state index in [-0.39, 0.29) is 24.3 Å². The van der Waals surface area contributed by atoms with Crippen LogP contribution in [0, 0.1) is 5.82 Å². The van der Waals surface area contributed by atoms with Crippen molar-refractivity contribution in [1.29, 1.82) is 0 Å². The number of guanidine groups is 1. The Hall–Kier alpha value is -2.19. The first kappa shape index (κ1) is 22.5. The van der Waals surface area contributed by atoms with Crippen molar-refractivity contribution in [1.82, 2.24) is 20.4 Å². The van der Waals surface area contributed by atoms with Crippen molar-refractivity contribution in [2.45, 2.75) is 37.8 Å². The highest BCUT2D eigenvalue weighted by Crippen LogP contribution is 2.22. The minimum Gasteiger partial charge on any atom is -0.379 e. The van der Waals surface area contributed by atoms with Gasteiger partial charge in [0.05, 0.1) is 19.3 Å². The van der Waals surface area contributed by atoms with Crippen molar-refractivity contribution < 1.29 is 13.9 Å². The molecule has 2 fully saturated rings. The number of halogens is 1. The van der Waals surface area contributed by atoms with Crippen LogP contribution in [0.15, 0.2) is 29.3 Å². The summed E-state index contributed by atoms with van der Waals surface area (Å²) in [5.74, 6) is 0.392. The fourth-order valence-corrected chi connectivity index (χ4v) is 3.93. The van der Waals surface area contributed by atoms with E-state index in [0.717, 1.165) is 31.5 Å². The second-order valence-corrected chi connectivity index (χ2v) is 8.18. The van der Waals surface area contributed by atoms with Gasteiger partial charge in [-0.3, -0.25) is 9.69 Å². The summed E-state index contributed by atoms with van der Waals surface area (Å²) in [6, 6.07) is 7.14. The molecule has 1 aliphatic carbocycles. The maximum Gasteiger partial charge on any atom is 0.243 e. The molecule has 1 aromatic rings. The molecule has 0 bridgehead atoms. The first-order chi connectivity index (χ1) is 14.5. The summed E-state index contributed by atoms with van der Waals surface area (Å²) >= 11 is 0. The number of carbonyl (C=O) groups is 1. The van der Waals surface area contributed by atoms with Crippen LogP contribution in [0.2, 0.25) is 0 Å². The van der Waals surface area contributed by atoms with Crippen molar-refractivity contribution in [3.8, 4) is 0 Å². The molecule has 1 aromatic carbocycles. The number of likely N-dealkylation sites (N-methyl/N-ethyl adjacent to an activating group) is 1. The van der Waals surface area contributed by atoms with E-state index in [1.54, 1.807) is 19.0 Å². The molecule has 0 aromatic heterocycles. The van der Waals surface area contributed by atoms with Crippen LogP contribution in [0.5, 0.6) is 0 Å². The standard InChI is InChI=1S/C22H34FN5O2/c1-27(2)21(29)16-25-22(26-19-5-3-4-6-19)24-15-20(28-11-13-30-14-12-28)17-7-9-18(23)10-8-17/h7-10,19-20H,3-6,11-16H2,1-2H3,(H2,24,25,26). The van der Waals surface area contributed by atoms with E-state index in [1.165, 1.54) is 25.0 Å². The zero-order chi connectivity index (χ0) is 21.3. The zero-order valence-electron chi connectivity index (χ0n) is 18.1. The number of morpholine rings is 1. The molecule has 1 heterocycles. The lowest BCUT2D eigenvalue weighted by atomic mass is 10.0. The van der Waals surface area contributed by atoms with E-state index < -0.39 is 0 Å². The average molecular weight is 420 g/mol. The second-order valence-electron chi connectivity index (χ2n) is 8.18. The Morgan fingerprint density at radius 1 is 1.23 bits per heavy atom. The van der Waals surface area contributed by atoms with Crippen molar-refractivity contribution in [3.63, 3.8) is 0 Å². The number of nitrogens with zero attached hydrogens (tertiary/aromatic N) is 3. The first-order valence-electron chi connectivity index (χ1n) is 10.8. The summed E-state index contributed by atoms with van der Waals surface area (Å²) in [6.45, 7) is 3.75. The van der Waals surface area contributed by atoms with Gasteiger partial charge in [0.1, 0.15) is 12.4 Å². The van der Waals surface area contributed by atoms with E-state index >= 15 is 0 Å². The third-order valence-electron chi connectivity index (χ3n) is 5.77. The van der Waals surface area contributed by atoms with Crippen LogP contribution >= 0.6 is 0 Å². The molecule has 2 N–H and O–H groups in total. The highest BCUT2D eigenvalue weighted by Gasteiger charge is 2.24. The Labute approximate surface area is 178 Å². The quantitative estimate of drug-likeness (QED) is 0.521. The van der Waals surface area contributed by atoms with Gasteiger partial charge < -0.3 is 20.3 Å². The van der Waals surface area contributed by atoms with Gasteiger partial charge in [-0.05, 0) is 30.5 Å². The lowest BCUT2D eigenvalue weighted by Crippen LogP contribution is -2.48. The van der Waals surface area contributed by atoms with Gasteiger partial charge in [0.15, 0.2) is 5.96 Å². The Morgan fingerprint density at radius 2 is 1.90 bits per heavy atom. The number of rotatable bonds is 7. The van der Waals surface area contributed by atoms with Crippen LogP contribution in [0.25, 0.3) is 0 Å². The molecule has 1 aliphatic heterocycles. The molecule has 7 nitrogen and oxygen atoms in total. The molecule has 0 spiro atoms. The smallest absolute Gasteiger partial charge is 0.243 e. The molecular formula is C22H34FN5O2. The van der Waals surface area contributed by atoms with Gasteiger partial charge in [-0.25, -0.2) is 9.38 Å². The van der Waals surface area contributed by atoms with Crippen molar-refractivity contribution in [2.75, 3.05) is 53.5 Å². The summed E-state index contributed by atoms with van der Waals surface area (Å²) in [5, 5.41) is 6.94. The molecule has 166 valence electrons. The SMILES string of the molecule is CN(C)C(=O)CN=C(NCC(c1ccc(F)cc1)N1CCOCC1)NC1CCCC1.